The van der Waals surface area contributed by atoms with Gasteiger partial charge in [0.1, 0.15) is 18.5 Å². The van der Waals surface area contributed by atoms with E-state index in [0.717, 1.165) is 36.4 Å². The van der Waals surface area contributed by atoms with Gasteiger partial charge in [-0.3, -0.25) is 4.79 Å². The summed E-state index contributed by atoms with van der Waals surface area (Å²) in [6.07, 6.45) is 1.63. The molecule has 1 aliphatic heterocycles. The van der Waals surface area contributed by atoms with E-state index in [0.29, 0.717) is 13.0 Å². The molecule has 1 aliphatic rings. The number of carbonyl (C=O) groups excluding carboxylic acids is 1. The molecule has 0 aliphatic carbocycles. The highest BCUT2D eigenvalue weighted by atomic mass is 16.5. The number of amides is 1. The Labute approximate surface area is 119 Å². The van der Waals surface area contributed by atoms with Gasteiger partial charge in [0.15, 0.2) is 0 Å². The van der Waals surface area contributed by atoms with Crippen molar-refractivity contribution < 1.29 is 14.6 Å². The highest BCUT2D eigenvalue weighted by Gasteiger charge is 2.17. The van der Waals surface area contributed by atoms with Gasteiger partial charge in [0, 0.05) is 24.2 Å². The number of rotatable bonds is 6. The van der Waals surface area contributed by atoms with E-state index in [1.165, 1.54) is 0 Å². The number of nitrogens with one attached hydrogen (secondary N) is 2. The maximum Gasteiger partial charge on any atom is 0.224 e. The summed E-state index contributed by atoms with van der Waals surface area (Å²) in [5, 5.41) is 15.8. The third-order valence-corrected chi connectivity index (χ3v) is 3.30. The topological polar surface area (TPSA) is 70.6 Å². The Morgan fingerprint density at radius 1 is 1.45 bits per heavy atom. The molecule has 0 saturated carbocycles. The van der Waals surface area contributed by atoms with Gasteiger partial charge in [-0.25, -0.2) is 0 Å². The first kappa shape index (κ1) is 14.8. The molecule has 0 bridgehead atoms. The fourth-order valence-corrected chi connectivity index (χ4v) is 2.27. The summed E-state index contributed by atoms with van der Waals surface area (Å²) in [5.74, 6) is 0.799. The zero-order valence-electron chi connectivity index (χ0n) is 11.8. The van der Waals surface area contributed by atoms with Gasteiger partial charge < -0.3 is 20.5 Å². The summed E-state index contributed by atoms with van der Waals surface area (Å²) < 4.78 is 5.71. The zero-order valence-corrected chi connectivity index (χ0v) is 11.8. The van der Waals surface area contributed by atoms with Crippen molar-refractivity contribution in [1.82, 2.24) is 5.32 Å². The molecule has 5 nitrogen and oxygen atoms in total. The monoisotopic (exact) mass is 278 g/mol. The average Bonchev–Trinajstić information content (AvgIpc) is 2.63. The van der Waals surface area contributed by atoms with Crippen LogP contribution in [0.5, 0.6) is 5.75 Å². The second kappa shape index (κ2) is 7.26. The van der Waals surface area contributed by atoms with Crippen molar-refractivity contribution in [2.75, 3.05) is 25.0 Å². The number of anilines is 1. The van der Waals surface area contributed by atoms with Crippen molar-refractivity contribution in [3.05, 3.63) is 23.8 Å². The number of carbonyl (C=O) groups is 1. The highest BCUT2D eigenvalue weighted by Crippen LogP contribution is 2.30. The summed E-state index contributed by atoms with van der Waals surface area (Å²) in [5.41, 5.74) is 1.85. The molecule has 5 heteroatoms. The molecule has 0 radical (unpaired) electrons. The lowest BCUT2D eigenvalue weighted by atomic mass is 10.1. The Morgan fingerprint density at radius 2 is 2.30 bits per heavy atom. The van der Waals surface area contributed by atoms with Gasteiger partial charge in [-0.05, 0) is 31.5 Å². The fourth-order valence-electron chi connectivity index (χ4n) is 2.27. The lowest BCUT2D eigenvalue weighted by molar-refractivity contribution is -0.116. The van der Waals surface area contributed by atoms with Crippen LogP contribution in [0.4, 0.5) is 5.69 Å². The number of likely N-dealkylation sites (N-methyl/N-ethyl adjacent to an activating group) is 1. The molecule has 1 heterocycles. The Hall–Kier alpha value is -1.59. The lowest BCUT2D eigenvalue weighted by Gasteiger charge is -2.16. The number of aliphatic hydroxyl groups is 1. The van der Waals surface area contributed by atoms with Crippen LogP contribution in [0.3, 0.4) is 0 Å². The predicted molar refractivity (Wildman–Crippen MR) is 78.1 cm³/mol. The first-order chi connectivity index (χ1) is 9.70. The van der Waals surface area contributed by atoms with E-state index >= 15 is 0 Å². The van der Waals surface area contributed by atoms with Crippen molar-refractivity contribution in [2.24, 2.45) is 0 Å². The van der Waals surface area contributed by atoms with Gasteiger partial charge in [0.25, 0.3) is 0 Å². The van der Waals surface area contributed by atoms with Gasteiger partial charge >= 0.3 is 0 Å². The first-order valence-corrected chi connectivity index (χ1v) is 7.14. The summed E-state index contributed by atoms with van der Waals surface area (Å²) in [7, 11) is 0. The molecule has 3 N–H and O–H groups in total. The summed E-state index contributed by atoms with van der Waals surface area (Å²) in [6.45, 7) is 3.58. The van der Waals surface area contributed by atoms with Gasteiger partial charge in [-0.2, -0.15) is 0 Å². The minimum absolute atomic E-state index is 0.0491. The molecule has 0 saturated heterocycles. The third-order valence-electron chi connectivity index (χ3n) is 3.30. The number of ether oxygens (including phenoxy) is 1. The summed E-state index contributed by atoms with van der Waals surface area (Å²) in [4.78, 5) is 11.5. The Morgan fingerprint density at radius 3 is 3.10 bits per heavy atom. The Bertz CT molecular complexity index is 462. The van der Waals surface area contributed by atoms with E-state index in [-0.39, 0.29) is 12.5 Å². The zero-order chi connectivity index (χ0) is 14.4. The number of benzene rings is 1. The molecular formula is C15H22N2O3. The van der Waals surface area contributed by atoms with Crippen molar-refractivity contribution in [2.45, 2.75) is 32.3 Å². The van der Waals surface area contributed by atoms with Crippen molar-refractivity contribution >= 4 is 11.6 Å². The number of aliphatic hydroxyl groups excluding tert-OH is 1. The van der Waals surface area contributed by atoms with Crippen LogP contribution in [0, 0.1) is 0 Å². The minimum atomic E-state index is -0.536. The third kappa shape index (κ3) is 3.95. The van der Waals surface area contributed by atoms with Crippen molar-refractivity contribution in [3.8, 4) is 5.75 Å². The van der Waals surface area contributed by atoms with E-state index in [4.69, 9.17) is 4.74 Å². The molecule has 0 fully saturated rings. The Kier molecular flexibility index (Phi) is 5.38. The molecule has 1 aromatic carbocycles. The lowest BCUT2D eigenvalue weighted by Crippen LogP contribution is -2.31. The van der Waals surface area contributed by atoms with Crippen LogP contribution >= 0.6 is 0 Å². The molecule has 20 heavy (non-hydrogen) atoms. The summed E-state index contributed by atoms with van der Waals surface area (Å²) in [6, 6.07) is 5.63. The van der Waals surface area contributed by atoms with Crippen molar-refractivity contribution in [1.29, 1.82) is 0 Å². The maximum absolute atomic E-state index is 11.5. The smallest absolute Gasteiger partial charge is 0.224 e. The average molecular weight is 278 g/mol. The normalized spacial score (nSPS) is 16.0. The van der Waals surface area contributed by atoms with E-state index in [1.807, 2.05) is 25.1 Å². The van der Waals surface area contributed by atoms with E-state index in [1.54, 1.807) is 0 Å². The highest BCUT2D eigenvalue weighted by molar-refractivity contribution is 5.92. The van der Waals surface area contributed by atoms with Crippen LogP contribution in [0.25, 0.3) is 0 Å². The number of hydrogen-bond acceptors (Lipinski definition) is 4. The van der Waals surface area contributed by atoms with Crippen LogP contribution in [0.15, 0.2) is 18.2 Å². The second-order valence-corrected chi connectivity index (χ2v) is 4.96. The summed E-state index contributed by atoms with van der Waals surface area (Å²) >= 11 is 0. The van der Waals surface area contributed by atoms with Gasteiger partial charge in [0.2, 0.25) is 5.91 Å². The standard InChI is InChI=1S/C15H22N2O3/c1-2-16-9-11(18)10-20-14-7-4-6-13-12(14)5-3-8-15(19)17-13/h4,6-7,11,16,18H,2-3,5,8-10H2,1H3,(H,17,19). The molecule has 0 aromatic heterocycles. The van der Waals surface area contributed by atoms with Crippen LogP contribution in [-0.2, 0) is 11.2 Å². The van der Waals surface area contributed by atoms with Gasteiger partial charge in [-0.15, -0.1) is 0 Å². The van der Waals surface area contributed by atoms with Crippen molar-refractivity contribution in [3.63, 3.8) is 0 Å². The van der Waals surface area contributed by atoms with E-state index in [2.05, 4.69) is 10.6 Å². The Balaban J connectivity index is 2.02. The SMILES string of the molecule is CCNCC(O)COc1cccc2c1CCCC(=O)N2. The van der Waals surface area contributed by atoms with Crippen LogP contribution in [-0.4, -0.2) is 36.8 Å². The van der Waals surface area contributed by atoms with Gasteiger partial charge in [0.05, 0.1) is 0 Å². The predicted octanol–water partition coefficient (Wildman–Crippen LogP) is 1.31. The quantitative estimate of drug-likeness (QED) is 0.734. The van der Waals surface area contributed by atoms with Gasteiger partial charge in [-0.1, -0.05) is 13.0 Å². The van der Waals surface area contributed by atoms with Crippen LogP contribution in [0.2, 0.25) is 0 Å². The largest absolute Gasteiger partial charge is 0.490 e. The molecule has 0 spiro atoms. The maximum atomic E-state index is 11.5. The first-order valence-electron chi connectivity index (χ1n) is 7.14. The van der Waals surface area contributed by atoms with Crippen LogP contribution in [0.1, 0.15) is 25.3 Å². The molecule has 1 unspecified atom stereocenters. The molecule has 110 valence electrons. The van der Waals surface area contributed by atoms with E-state index < -0.39 is 6.10 Å². The molecular weight excluding hydrogens is 256 g/mol. The fraction of sp³-hybridized carbons (Fsp3) is 0.533. The number of fused-ring (bicyclic) bond motifs is 1. The number of hydrogen-bond donors (Lipinski definition) is 3. The molecule has 2 rings (SSSR count). The van der Waals surface area contributed by atoms with E-state index in [9.17, 15) is 9.90 Å². The molecule has 1 amide bonds. The minimum Gasteiger partial charge on any atom is -0.490 e. The molecule has 1 atom stereocenters. The molecule has 1 aromatic rings. The second-order valence-electron chi connectivity index (χ2n) is 4.96. The van der Waals surface area contributed by atoms with Crippen LogP contribution < -0.4 is 15.4 Å².